The molecule has 0 bridgehead atoms. The van der Waals surface area contributed by atoms with E-state index in [1.807, 2.05) is 36.2 Å². The van der Waals surface area contributed by atoms with E-state index in [0.717, 1.165) is 21.3 Å². The molecule has 2 aromatic carbocycles. The molecule has 0 saturated carbocycles. The predicted octanol–water partition coefficient (Wildman–Crippen LogP) is 3.72. The standard InChI is InChI=1S/C15H15BrFNO/c1-18(9-11-3-2-4-13(17)7-11)15-6-5-12(10-19)8-14(15)16/h2-8,19H,9-10H2,1H3. The molecule has 1 N–H and O–H groups in total. The van der Waals surface area contributed by atoms with E-state index in [1.54, 1.807) is 6.07 Å². The highest BCUT2D eigenvalue weighted by Gasteiger charge is 2.07. The highest BCUT2D eigenvalue weighted by molar-refractivity contribution is 9.10. The third-order valence-corrected chi connectivity index (χ3v) is 3.55. The third kappa shape index (κ3) is 3.55. The van der Waals surface area contributed by atoms with Gasteiger partial charge >= 0.3 is 0 Å². The molecule has 0 amide bonds. The van der Waals surface area contributed by atoms with Crippen LogP contribution >= 0.6 is 15.9 Å². The van der Waals surface area contributed by atoms with Crippen LogP contribution < -0.4 is 4.90 Å². The summed E-state index contributed by atoms with van der Waals surface area (Å²) in [6.07, 6.45) is 0. The molecule has 0 aliphatic carbocycles. The Labute approximate surface area is 120 Å². The van der Waals surface area contributed by atoms with Crippen molar-refractivity contribution in [2.75, 3.05) is 11.9 Å². The molecule has 19 heavy (non-hydrogen) atoms. The number of benzene rings is 2. The van der Waals surface area contributed by atoms with Crippen molar-refractivity contribution in [2.24, 2.45) is 0 Å². The lowest BCUT2D eigenvalue weighted by atomic mass is 10.1. The summed E-state index contributed by atoms with van der Waals surface area (Å²) >= 11 is 3.49. The molecular formula is C15H15BrFNO. The number of anilines is 1. The molecule has 2 rings (SSSR count). The van der Waals surface area contributed by atoms with Gasteiger partial charge in [-0.05, 0) is 51.3 Å². The van der Waals surface area contributed by atoms with Gasteiger partial charge in [-0.3, -0.25) is 0 Å². The van der Waals surface area contributed by atoms with Crippen molar-refractivity contribution in [1.29, 1.82) is 0 Å². The van der Waals surface area contributed by atoms with E-state index in [1.165, 1.54) is 12.1 Å². The summed E-state index contributed by atoms with van der Waals surface area (Å²) in [5.74, 6) is -0.222. The van der Waals surface area contributed by atoms with Crippen LogP contribution in [0.15, 0.2) is 46.9 Å². The molecule has 100 valence electrons. The van der Waals surface area contributed by atoms with E-state index < -0.39 is 0 Å². The van der Waals surface area contributed by atoms with Crippen molar-refractivity contribution in [3.8, 4) is 0 Å². The number of hydrogen-bond acceptors (Lipinski definition) is 2. The number of halogens is 2. The van der Waals surface area contributed by atoms with Crippen molar-refractivity contribution in [3.63, 3.8) is 0 Å². The first-order valence-electron chi connectivity index (χ1n) is 5.95. The summed E-state index contributed by atoms with van der Waals surface area (Å²) in [5, 5.41) is 9.08. The highest BCUT2D eigenvalue weighted by atomic mass is 79.9. The fraction of sp³-hybridized carbons (Fsp3) is 0.200. The molecule has 0 radical (unpaired) electrons. The highest BCUT2D eigenvalue weighted by Crippen LogP contribution is 2.27. The summed E-state index contributed by atoms with van der Waals surface area (Å²) in [4.78, 5) is 2.03. The molecule has 0 heterocycles. The molecule has 0 atom stereocenters. The molecular weight excluding hydrogens is 309 g/mol. The lowest BCUT2D eigenvalue weighted by Crippen LogP contribution is -2.17. The maximum absolute atomic E-state index is 13.1. The summed E-state index contributed by atoms with van der Waals surface area (Å²) < 4.78 is 14.1. The Hall–Kier alpha value is -1.39. The van der Waals surface area contributed by atoms with Crippen LogP contribution in [0.5, 0.6) is 0 Å². The molecule has 0 unspecified atom stereocenters. The van der Waals surface area contributed by atoms with E-state index >= 15 is 0 Å². The molecule has 0 fully saturated rings. The van der Waals surface area contributed by atoms with E-state index in [9.17, 15) is 4.39 Å². The number of hydrogen-bond donors (Lipinski definition) is 1. The zero-order valence-corrected chi connectivity index (χ0v) is 12.2. The smallest absolute Gasteiger partial charge is 0.123 e. The minimum atomic E-state index is -0.222. The van der Waals surface area contributed by atoms with Crippen molar-refractivity contribution in [3.05, 3.63) is 63.9 Å². The first-order valence-corrected chi connectivity index (χ1v) is 6.74. The van der Waals surface area contributed by atoms with E-state index in [4.69, 9.17) is 5.11 Å². The number of aliphatic hydroxyl groups is 1. The van der Waals surface area contributed by atoms with Crippen LogP contribution in [0, 0.1) is 5.82 Å². The van der Waals surface area contributed by atoms with Gasteiger partial charge in [0.15, 0.2) is 0 Å². The SMILES string of the molecule is CN(Cc1cccc(F)c1)c1ccc(CO)cc1Br. The zero-order valence-electron chi connectivity index (χ0n) is 10.6. The van der Waals surface area contributed by atoms with Gasteiger partial charge < -0.3 is 10.0 Å². The monoisotopic (exact) mass is 323 g/mol. The third-order valence-electron chi connectivity index (χ3n) is 2.91. The van der Waals surface area contributed by atoms with Crippen LogP contribution in [-0.4, -0.2) is 12.2 Å². The van der Waals surface area contributed by atoms with Crippen LogP contribution in [0.3, 0.4) is 0 Å². The zero-order chi connectivity index (χ0) is 13.8. The van der Waals surface area contributed by atoms with Gasteiger partial charge in [0.05, 0.1) is 12.3 Å². The summed E-state index contributed by atoms with van der Waals surface area (Å²) in [7, 11) is 1.95. The molecule has 2 aromatic rings. The fourth-order valence-corrected chi connectivity index (χ4v) is 2.68. The average molecular weight is 324 g/mol. The number of rotatable bonds is 4. The van der Waals surface area contributed by atoms with Gasteiger partial charge in [0.1, 0.15) is 5.82 Å². The lowest BCUT2D eigenvalue weighted by Gasteiger charge is -2.21. The second-order valence-corrected chi connectivity index (χ2v) is 5.28. The first-order chi connectivity index (χ1) is 9.10. The largest absolute Gasteiger partial charge is 0.392 e. The van der Waals surface area contributed by atoms with E-state index in [0.29, 0.717) is 6.54 Å². The van der Waals surface area contributed by atoms with E-state index in [2.05, 4.69) is 15.9 Å². The van der Waals surface area contributed by atoms with Crippen molar-refractivity contribution in [1.82, 2.24) is 0 Å². The Morgan fingerprint density at radius 1 is 1.16 bits per heavy atom. The average Bonchev–Trinajstić information content (AvgIpc) is 2.38. The Morgan fingerprint density at radius 2 is 1.95 bits per heavy atom. The van der Waals surface area contributed by atoms with Crippen LogP contribution in [0.1, 0.15) is 11.1 Å². The van der Waals surface area contributed by atoms with Gasteiger partial charge in [0.2, 0.25) is 0 Å². The Morgan fingerprint density at radius 3 is 2.58 bits per heavy atom. The Kier molecular flexibility index (Phi) is 4.56. The minimum absolute atomic E-state index is 0.0203. The topological polar surface area (TPSA) is 23.5 Å². The van der Waals surface area contributed by atoms with Gasteiger partial charge in [-0.1, -0.05) is 18.2 Å². The fourth-order valence-electron chi connectivity index (χ4n) is 1.95. The predicted molar refractivity (Wildman–Crippen MR) is 78.6 cm³/mol. The quantitative estimate of drug-likeness (QED) is 0.927. The number of aliphatic hydroxyl groups excluding tert-OH is 1. The normalized spacial score (nSPS) is 10.5. The van der Waals surface area contributed by atoms with Crippen molar-refractivity contribution < 1.29 is 9.50 Å². The second-order valence-electron chi connectivity index (χ2n) is 4.43. The van der Waals surface area contributed by atoms with Crippen LogP contribution in [0.25, 0.3) is 0 Å². The maximum Gasteiger partial charge on any atom is 0.123 e. The lowest BCUT2D eigenvalue weighted by molar-refractivity contribution is 0.282. The molecule has 0 aliphatic rings. The van der Waals surface area contributed by atoms with Gasteiger partial charge in [0.25, 0.3) is 0 Å². The second kappa shape index (κ2) is 6.17. The summed E-state index contributed by atoms with van der Waals surface area (Å²) in [6.45, 7) is 0.640. The molecule has 0 aromatic heterocycles. The van der Waals surface area contributed by atoms with Gasteiger partial charge in [-0.15, -0.1) is 0 Å². The van der Waals surface area contributed by atoms with Crippen molar-refractivity contribution >= 4 is 21.6 Å². The minimum Gasteiger partial charge on any atom is -0.392 e. The van der Waals surface area contributed by atoms with Gasteiger partial charge in [-0.2, -0.15) is 0 Å². The summed E-state index contributed by atoms with van der Waals surface area (Å²) in [5.41, 5.74) is 2.77. The maximum atomic E-state index is 13.1. The van der Waals surface area contributed by atoms with Gasteiger partial charge in [0, 0.05) is 18.1 Å². The van der Waals surface area contributed by atoms with Crippen LogP contribution in [-0.2, 0) is 13.2 Å². The molecule has 4 heteroatoms. The van der Waals surface area contributed by atoms with Crippen LogP contribution in [0.4, 0.5) is 10.1 Å². The first kappa shape index (κ1) is 14.0. The van der Waals surface area contributed by atoms with E-state index in [-0.39, 0.29) is 12.4 Å². The van der Waals surface area contributed by atoms with Gasteiger partial charge in [-0.25, -0.2) is 4.39 Å². The van der Waals surface area contributed by atoms with Crippen molar-refractivity contribution in [2.45, 2.75) is 13.2 Å². The molecule has 2 nitrogen and oxygen atoms in total. The molecule has 0 saturated heterocycles. The Balaban J connectivity index is 2.18. The Bertz CT molecular complexity index is 574. The summed E-state index contributed by atoms with van der Waals surface area (Å²) in [6, 6.07) is 12.3. The van der Waals surface area contributed by atoms with Crippen LogP contribution in [0.2, 0.25) is 0 Å². The molecule has 0 spiro atoms. The number of nitrogens with zero attached hydrogens (tertiary/aromatic N) is 1. The molecule has 0 aliphatic heterocycles.